The summed E-state index contributed by atoms with van der Waals surface area (Å²) in [5, 5.41) is 13.0. The van der Waals surface area contributed by atoms with E-state index < -0.39 is 10.0 Å². The van der Waals surface area contributed by atoms with Crippen molar-refractivity contribution in [1.82, 2.24) is 14.3 Å². The highest BCUT2D eigenvalue weighted by atomic mass is 32.2. The normalized spacial score (nSPS) is 17.5. The molecule has 3 rings (SSSR count). The van der Waals surface area contributed by atoms with E-state index in [-0.39, 0.29) is 6.04 Å². The molecule has 0 amide bonds. The monoisotopic (exact) mass is 337 g/mol. The fraction of sp³-hybridized carbons (Fsp3) is 0.462. The van der Waals surface area contributed by atoms with Crippen molar-refractivity contribution in [2.45, 2.75) is 18.9 Å². The van der Waals surface area contributed by atoms with Crippen LogP contribution in [0.15, 0.2) is 12.3 Å². The average molecular weight is 337 g/mol. The van der Waals surface area contributed by atoms with Crippen LogP contribution in [0, 0.1) is 11.3 Å². The Bertz CT molecular complexity index is 832. The molecular weight excluding hydrogens is 322 g/mol. The molecule has 1 saturated heterocycles. The minimum atomic E-state index is -3.10. The second-order valence-corrected chi connectivity index (χ2v) is 8.27. The summed E-state index contributed by atoms with van der Waals surface area (Å²) in [6.45, 7) is 1.05. The predicted octanol–water partition coefficient (Wildman–Crippen LogP) is 1.40. The van der Waals surface area contributed by atoms with Crippen molar-refractivity contribution in [2.75, 3.05) is 24.7 Å². The van der Waals surface area contributed by atoms with Gasteiger partial charge in [0.25, 0.3) is 0 Å². The number of nitriles is 1. The summed E-state index contributed by atoms with van der Waals surface area (Å²) in [6, 6.07) is 4.04. The average Bonchev–Trinajstić information content (AvgIpc) is 2.88. The third-order valence-corrected chi connectivity index (χ3v) is 5.85. The van der Waals surface area contributed by atoms with E-state index in [9.17, 15) is 8.42 Å². The van der Waals surface area contributed by atoms with Gasteiger partial charge in [0.2, 0.25) is 10.0 Å². The van der Waals surface area contributed by atoms with Gasteiger partial charge in [-0.05, 0) is 18.9 Å². The van der Waals surface area contributed by atoms with E-state index in [0.29, 0.717) is 24.3 Å². The van der Waals surface area contributed by atoms with Gasteiger partial charge in [0.1, 0.15) is 6.07 Å². The molecule has 0 atom stereocenters. The number of aromatic nitrogens is 2. The highest BCUT2D eigenvalue weighted by molar-refractivity contribution is 7.88. The van der Waals surface area contributed by atoms with Crippen LogP contribution < -0.4 is 5.32 Å². The van der Waals surface area contributed by atoms with Crippen LogP contribution in [0.25, 0.3) is 10.3 Å². The molecule has 0 aliphatic carbocycles. The highest BCUT2D eigenvalue weighted by Gasteiger charge is 2.25. The van der Waals surface area contributed by atoms with E-state index in [4.69, 9.17) is 5.26 Å². The first-order valence-electron chi connectivity index (χ1n) is 6.84. The number of thiazole rings is 1. The lowest BCUT2D eigenvalue weighted by Gasteiger charge is -2.30. The largest absolute Gasteiger partial charge is 0.359 e. The third-order valence-electron chi connectivity index (χ3n) is 3.63. The summed E-state index contributed by atoms with van der Waals surface area (Å²) in [6.07, 6.45) is 4.25. The Labute approximate surface area is 132 Å². The van der Waals surface area contributed by atoms with Gasteiger partial charge in [-0.15, -0.1) is 0 Å². The van der Waals surface area contributed by atoms with Crippen LogP contribution in [0.3, 0.4) is 0 Å². The summed E-state index contributed by atoms with van der Waals surface area (Å²) in [5.74, 6) is 0. The lowest BCUT2D eigenvalue weighted by Crippen LogP contribution is -2.41. The molecule has 0 saturated carbocycles. The molecule has 1 N–H and O–H groups in total. The van der Waals surface area contributed by atoms with Gasteiger partial charge in [-0.1, -0.05) is 11.3 Å². The van der Waals surface area contributed by atoms with Crippen LogP contribution in [-0.2, 0) is 10.0 Å². The van der Waals surface area contributed by atoms with Crippen LogP contribution in [0.5, 0.6) is 0 Å². The summed E-state index contributed by atoms with van der Waals surface area (Å²) < 4.78 is 25.4. The van der Waals surface area contributed by atoms with E-state index in [0.717, 1.165) is 22.7 Å². The molecule has 116 valence electrons. The molecule has 2 aromatic heterocycles. The number of nitrogens with one attached hydrogen (secondary N) is 1. The number of fused-ring (bicyclic) bond motifs is 1. The molecule has 0 bridgehead atoms. The fourth-order valence-corrected chi connectivity index (χ4v) is 4.26. The maximum Gasteiger partial charge on any atom is 0.211 e. The lowest BCUT2D eigenvalue weighted by atomic mass is 10.1. The van der Waals surface area contributed by atoms with Gasteiger partial charge < -0.3 is 5.32 Å². The molecule has 0 spiro atoms. The quantitative estimate of drug-likeness (QED) is 0.909. The Morgan fingerprint density at radius 3 is 2.82 bits per heavy atom. The first-order valence-corrected chi connectivity index (χ1v) is 9.50. The topological polar surface area (TPSA) is 99.0 Å². The third kappa shape index (κ3) is 3.19. The Morgan fingerprint density at radius 1 is 1.45 bits per heavy atom. The number of sulfonamides is 1. The van der Waals surface area contributed by atoms with E-state index in [2.05, 4.69) is 21.4 Å². The van der Waals surface area contributed by atoms with Crippen molar-refractivity contribution in [2.24, 2.45) is 0 Å². The zero-order valence-electron chi connectivity index (χ0n) is 12.0. The molecule has 2 aromatic rings. The van der Waals surface area contributed by atoms with Crippen LogP contribution in [0.2, 0.25) is 0 Å². The Kier molecular flexibility index (Phi) is 3.99. The van der Waals surface area contributed by atoms with E-state index in [1.807, 2.05) is 0 Å². The van der Waals surface area contributed by atoms with Crippen LogP contribution in [-0.4, -0.2) is 48.1 Å². The molecule has 0 radical (unpaired) electrons. The van der Waals surface area contributed by atoms with Crippen molar-refractivity contribution in [3.63, 3.8) is 0 Å². The summed E-state index contributed by atoms with van der Waals surface area (Å²) in [7, 11) is -3.10. The van der Waals surface area contributed by atoms with Crippen LogP contribution in [0.4, 0.5) is 5.13 Å². The molecule has 0 aromatic carbocycles. The van der Waals surface area contributed by atoms with Crippen LogP contribution in [0.1, 0.15) is 18.4 Å². The molecule has 1 fully saturated rings. The predicted molar refractivity (Wildman–Crippen MR) is 85.2 cm³/mol. The van der Waals surface area contributed by atoms with Gasteiger partial charge in [-0.3, -0.25) is 0 Å². The number of nitrogens with zero attached hydrogens (tertiary/aromatic N) is 4. The summed E-state index contributed by atoms with van der Waals surface area (Å²) in [4.78, 5) is 8.56. The van der Waals surface area contributed by atoms with Crippen molar-refractivity contribution < 1.29 is 8.42 Å². The Morgan fingerprint density at radius 2 is 2.18 bits per heavy atom. The van der Waals surface area contributed by atoms with Gasteiger partial charge in [0.15, 0.2) is 10.8 Å². The summed E-state index contributed by atoms with van der Waals surface area (Å²) >= 11 is 1.46. The molecule has 7 nitrogen and oxygen atoms in total. The molecule has 1 aliphatic rings. The Hall–Kier alpha value is -1.76. The number of hydrogen-bond donors (Lipinski definition) is 1. The smallest absolute Gasteiger partial charge is 0.211 e. The van der Waals surface area contributed by atoms with Crippen molar-refractivity contribution in [3.05, 3.63) is 17.8 Å². The highest BCUT2D eigenvalue weighted by Crippen LogP contribution is 2.27. The maximum atomic E-state index is 11.5. The molecule has 3 heterocycles. The second kappa shape index (κ2) is 5.79. The fourth-order valence-electron chi connectivity index (χ4n) is 2.45. The second-order valence-electron chi connectivity index (χ2n) is 5.26. The van der Waals surface area contributed by atoms with Gasteiger partial charge >= 0.3 is 0 Å². The van der Waals surface area contributed by atoms with E-state index in [1.54, 1.807) is 6.07 Å². The summed E-state index contributed by atoms with van der Waals surface area (Å²) in [5.41, 5.74) is 1.14. The molecule has 22 heavy (non-hydrogen) atoms. The Balaban J connectivity index is 1.68. The van der Waals surface area contributed by atoms with Crippen molar-refractivity contribution in [1.29, 1.82) is 5.26 Å². The standard InChI is InChI=1S/C13H15N5O2S2/c1-22(19,20)18-4-2-10(3-5-18)16-13-17-12-11(21-13)6-9(7-14)8-15-12/h6,8,10H,2-5H2,1H3,(H,15,16,17). The first kappa shape index (κ1) is 15.1. The number of piperidine rings is 1. The number of rotatable bonds is 3. The number of pyridine rings is 1. The van der Waals surface area contributed by atoms with Crippen molar-refractivity contribution in [3.8, 4) is 6.07 Å². The minimum Gasteiger partial charge on any atom is -0.359 e. The number of anilines is 1. The van der Waals surface area contributed by atoms with Crippen LogP contribution >= 0.6 is 11.3 Å². The van der Waals surface area contributed by atoms with Gasteiger partial charge in [-0.25, -0.2) is 22.7 Å². The van der Waals surface area contributed by atoms with Crippen molar-refractivity contribution >= 4 is 36.8 Å². The SMILES string of the molecule is CS(=O)(=O)N1CCC(Nc2nc3ncc(C#N)cc3s2)CC1. The van der Waals surface area contributed by atoms with Gasteiger partial charge in [0, 0.05) is 25.3 Å². The minimum absolute atomic E-state index is 0.203. The zero-order valence-corrected chi connectivity index (χ0v) is 13.6. The zero-order chi connectivity index (χ0) is 15.7. The van der Waals surface area contributed by atoms with Gasteiger partial charge in [-0.2, -0.15) is 5.26 Å². The maximum absolute atomic E-state index is 11.5. The molecular formula is C13H15N5O2S2. The molecule has 9 heteroatoms. The van der Waals surface area contributed by atoms with E-state index >= 15 is 0 Å². The first-order chi connectivity index (χ1) is 10.5. The molecule has 1 aliphatic heterocycles. The number of hydrogen-bond acceptors (Lipinski definition) is 7. The molecule has 0 unspecified atom stereocenters. The lowest BCUT2D eigenvalue weighted by molar-refractivity contribution is 0.332. The van der Waals surface area contributed by atoms with E-state index in [1.165, 1.54) is 28.1 Å². The van der Waals surface area contributed by atoms with Gasteiger partial charge in [0.05, 0.1) is 16.5 Å².